The third-order valence-electron chi connectivity index (χ3n) is 5.64. The van der Waals surface area contributed by atoms with E-state index in [0.717, 1.165) is 53.0 Å². The predicted octanol–water partition coefficient (Wildman–Crippen LogP) is 5.61. The van der Waals surface area contributed by atoms with E-state index in [-0.39, 0.29) is 11.8 Å². The number of aryl methyl sites for hydroxylation is 1. The molecule has 3 aromatic carbocycles. The molecule has 0 spiro atoms. The maximum Gasteiger partial charge on any atom is 0.229 e. The monoisotopic (exact) mass is 401 g/mol. The molecule has 0 bridgehead atoms. The molecule has 5 heteroatoms. The molecule has 0 saturated carbocycles. The lowest BCUT2D eigenvalue weighted by atomic mass is 9.97. The van der Waals surface area contributed by atoms with Gasteiger partial charge in [-0.25, -0.2) is 4.98 Å². The summed E-state index contributed by atoms with van der Waals surface area (Å²) < 4.78 is 1.21. The number of piperidine rings is 1. The average Bonchev–Trinajstić information content (AvgIpc) is 3.17. The van der Waals surface area contributed by atoms with Crippen molar-refractivity contribution in [3.05, 3.63) is 66.2 Å². The van der Waals surface area contributed by atoms with Crippen LogP contribution in [0.25, 0.3) is 21.0 Å². The Morgan fingerprint density at radius 1 is 1.14 bits per heavy atom. The van der Waals surface area contributed by atoms with Crippen LogP contribution in [0.5, 0.6) is 0 Å². The minimum atomic E-state index is -0.0310. The molecule has 0 aliphatic carbocycles. The van der Waals surface area contributed by atoms with Crippen molar-refractivity contribution in [1.82, 2.24) is 4.98 Å². The quantitative estimate of drug-likeness (QED) is 0.485. The number of anilines is 2. The molecule has 1 aliphatic rings. The summed E-state index contributed by atoms with van der Waals surface area (Å²) in [4.78, 5) is 20.1. The highest BCUT2D eigenvalue weighted by atomic mass is 32.1. The van der Waals surface area contributed by atoms with Crippen LogP contribution in [0.3, 0.4) is 0 Å². The third kappa shape index (κ3) is 3.58. The Kier molecular flexibility index (Phi) is 4.68. The van der Waals surface area contributed by atoms with Gasteiger partial charge in [0.1, 0.15) is 0 Å². The van der Waals surface area contributed by atoms with Crippen molar-refractivity contribution in [2.45, 2.75) is 19.8 Å². The standard InChI is InChI=1S/C24H23N3OS/c1-16-11-12-21-22(14-16)29-24(26-21)27-13-5-8-18(15-27)23(28)25-20-10-4-7-17-6-2-3-9-19(17)20/h2-4,6-7,9-12,14,18H,5,8,13,15H2,1H3,(H,25,28). The lowest BCUT2D eigenvalue weighted by molar-refractivity contribution is -0.120. The Morgan fingerprint density at radius 3 is 2.93 bits per heavy atom. The number of aromatic nitrogens is 1. The van der Waals surface area contributed by atoms with Gasteiger partial charge in [0.25, 0.3) is 0 Å². The first-order valence-electron chi connectivity index (χ1n) is 10.1. The highest BCUT2D eigenvalue weighted by Crippen LogP contribution is 2.32. The van der Waals surface area contributed by atoms with Crippen LogP contribution in [0, 0.1) is 12.8 Å². The Morgan fingerprint density at radius 2 is 2.00 bits per heavy atom. The highest BCUT2D eigenvalue weighted by molar-refractivity contribution is 7.22. The number of nitrogens with one attached hydrogen (secondary N) is 1. The fourth-order valence-electron chi connectivity index (χ4n) is 4.09. The van der Waals surface area contributed by atoms with Gasteiger partial charge in [0.2, 0.25) is 5.91 Å². The third-order valence-corrected chi connectivity index (χ3v) is 6.72. The van der Waals surface area contributed by atoms with E-state index in [1.165, 1.54) is 10.3 Å². The Labute approximate surface area is 174 Å². The number of nitrogens with zero attached hydrogens (tertiary/aromatic N) is 2. The van der Waals surface area contributed by atoms with Gasteiger partial charge in [-0.05, 0) is 48.9 Å². The molecule has 5 rings (SSSR count). The number of benzene rings is 3. The fraction of sp³-hybridized carbons (Fsp3) is 0.250. The molecule has 1 aromatic heterocycles. The van der Waals surface area contributed by atoms with Crippen molar-refractivity contribution in [3.8, 4) is 0 Å². The zero-order chi connectivity index (χ0) is 19.8. The van der Waals surface area contributed by atoms with Gasteiger partial charge in [-0.2, -0.15) is 0 Å². The smallest absolute Gasteiger partial charge is 0.229 e. The number of hydrogen-bond donors (Lipinski definition) is 1. The van der Waals surface area contributed by atoms with Crippen LogP contribution in [-0.2, 0) is 4.79 Å². The van der Waals surface area contributed by atoms with Crippen LogP contribution in [0.2, 0.25) is 0 Å². The molecule has 4 nitrogen and oxygen atoms in total. The Bertz CT molecular complexity index is 1190. The zero-order valence-electron chi connectivity index (χ0n) is 16.4. The topological polar surface area (TPSA) is 45.2 Å². The Balaban J connectivity index is 1.35. The highest BCUT2D eigenvalue weighted by Gasteiger charge is 2.27. The normalized spacial score (nSPS) is 17.0. The van der Waals surface area contributed by atoms with Gasteiger partial charge in [0, 0.05) is 24.2 Å². The van der Waals surface area contributed by atoms with Crippen LogP contribution >= 0.6 is 11.3 Å². The summed E-state index contributed by atoms with van der Waals surface area (Å²) >= 11 is 1.72. The molecule has 29 heavy (non-hydrogen) atoms. The molecule has 1 unspecified atom stereocenters. The van der Waals surface area contributed by atoms with E-state index in [1.807, 2.05) is 24.3 Å². The number of thiazole rings is 1. The number of hydrogen-bond acceptors (Lipinski definition) is 4. The van der Waals surface area contributed by atoms with E-state index < -0.39 is 0 Å². The van der Waals surface area contributed by atoms with Gasteiger partial charge in [0.05, 0.1) is 16.1 Å². The van der Waals surface area contributed by atoms with Crippen LogP contribution in [-0.4, -0.2) is 24.0 Å². The minimum absolute atomic E-state index is 0.0310. The molecule has 1 saturated heterocycles. The summed E-state index contributed by atoms with van der Waals surface area (Å²) in [7, 11) is 0. The van der Waals surface area contributed by atoms with E-state index in [4.69, 9.17) is 4.98 Å². The second-order valence-corrected chi connectivity index (χ2v) is 8.78. The van der Waals surface area contributed by atoms with Crippen LogP contribution in [0.4, 0.5) is 10.8 Å². The average molecular weight is 402 g/mol. The zero-order valence-corrected chi connectivity index (χ0v) is 17.2. The molecule has 2 heterocycles. The molecule has 0 radical (unpaired) electrons. The summed E-state index contributed by atoms with van der Waals surface area (Å²) in [6.45, 7) is 3.78. The van der Waals surface area contributed by atoms with E-state index in [9.17, 15) is 4.79 Å². The first kappa shape index (κ1) is 18.1. The number of carbonyl (C=O) groups is 1. The van der Waals surface area contributed by atoms with E-state index in [1.54, 1.807) is 11.3 Å². The van der Waals surface area contributed by atoms with Gasteiger partial charge < -0.3 is 10.2 Å². The van der Waals surface area contributed by atoms with E-state index in [2.05, 4.69) is 53.5 Å². The van der Waals surface area contributed by atoms with Gasteiger partial charge >= 0.3 is 0 Å². The fourth-order valence-corrected chi connectivity index (χ4v) is 5.19. The number of carbonyl (C=O) groups excluding carboxylic acids is 1. The summed E-state index contributed by atoms with van der Waals surface area (Å²) in [6, 6.07) is 20.6. The molecule has 1 aliphatic heterocycles. The lowest BCUT2D eigenvalue weighted by Gasteiger charge is -2.31. The first-order chi connectivity index (χ1) is 14.2. The van der Waals surface area contributed by atoms with Gasteiger partial charge in [-0.3, -0.25) is 4.79 Å². The van der Waals surface area contributed by atoms with Crippen molar-refractivity contribution in [3.63, 3.8) is 0 Å². The van der Waals surface area contributed by atoms with Crippen LogP contribution in [0.1, 0.15) is 18.4 Å². The number of amides is 1. The molecular formula is C24H23N3OS. The molecule has 1 fully saturated rings. The second-order valence-electron chi connectivity index (χ2n) is 7.77. The molecule has 4 aromatic rings. The van der Waals surface area contributed by atoms with Crippen molar-refractivity contribution in [2.75, 3.05) is 23.3 Å². The number of fused-ring (bicyclic) bond motifs is 2. The second kappa shape index (κ2) is 7.48. The largest absolute Gasteiger partial charge is 0.347 e. The molecule has 1 atom stereocenters. The molecular weight excluding hydrogens is 378 g/mol. The van der Waals surface area contributed by atoms with Crippen LogP contribution < -0.4 is 10.2 Å². The van der Waals surface area contributed by atoms with Gasteiger partial charge in [-0.15, -0.1) is 0 Å². The summed E-state index contributed by atoms with van der Waals surface area (Å²) in [5.41, 5.74) is 3.18. The summed E-state index contributed by atoms with van der Waals surface area (Å²) in [6.07, 6.45) is 1.92. The van der Waals surface area contributed by atoms with E-state index >= 15 is 0 Å². The van der Waals surface area contributed by atoms with Crippen LogP contribution in [0.15, 0.2) is 60.7 Å². The maximum absolute atomic E-state index is 13.1. The van der Waals surface area contributed by atoms with Crippen molar-refractivity contribution < 1.29 is 4.79 Å². The van der Waals surface area contributed by atoms with Gasteiger partial charge in [0.15, 0.2) is 5.13 Å². The first-order valence-corrected chi connectivity index (χ1v) is 10.9. The van der Waals surface area contributed by atoms with E-state index in [0.29, 0.717) is 0 Å². The van der Waals surface area contributed by atoms with Crippen molar-refractivity contribution in [2.24, 2.45) is 5.92 Å². The minimum Gasteiger partial charge on any atom is -0.347 e. The molecule has 146 valence electrons. The Hall–Kier alpha value is -2.92. The lowest BCUT2D eigenvalue weighted by Crippen LogP contribution is -2.40. The maximum atomic E-state index is 13.1. The number of rotatable bonds is 3. The molecule has 1 amide bonds. The summed E-state index contributed by atoms with van der Waals surface area (Å²) in [5, 5.41) is 6.42. The summed E-state index contributed by atoms with van der Waals surface area (Å²) in [5.74, 6) is 0.0690. The van der Waals surface area contributed by atoms with Gasteiger partial charge in [-0.1, -0.05) is 53.8 Å². The molecule has 1 N–H and O–H groups in total. The van der Waals surface area contributed by atoms with Crippen molar-refractivity contribution in [1.29, 1.82) is 0 Å². The van der Waals surface area contributed by atoms with Crippen molar-refractivity contribution >= 4 is 49.1 Å². The SMILES string of the molecule is Cc1ccc2nc(N3CCCC(C(=O)Nc4cccc5ccccc45)C3)sc2c1. The predicted molar refractivity (Wildman–Crippen MR) is 122 cm³/mol.